The summed E-state index contributed by atoms with van der Waals surface area (Å²) in [5.41, 5.74) is 5.81. The van der Waals surface area contributed by atoms with Crippen molar-refractivity contribution < 1.29 is 4.57 Å². The lowest BCUT2D eigenvalue weighted by atomic mass is 9.75. The maximum absolute atomic E-state index is 2.50. The Morgan fingerprint density at radius 2 is 1.52 bits per heavy atom. The van der Waals surface area contributed by atoms with Gasteiger partial charge in [0.25, 0.3) is 5.01 Å². The monoisotopic (exact) mass is 643 g/mol. The summed E-state index contributed by atoms with van der Waals surface area (Å²) in [6.07, 6.45) is 18.3. The molecule has 0 saturated heterocycles. The summed E-state index contributed by atoms with van der Waals surface area (Å²) >= 11 is 11.2. The lowest BCUT2D eigenvalue weighted by Crippen LogP contribution is -2.33. The Balaban J connectivity index is 1.54. The molecule has 0 amide bonds. The number of benzene rings is 2. The maximum atomic E-state index is 2.50. The van der Waals surface area contributed by atoms with Crippen molar-refractivity contribution in [1.29, 1.82) is 0 Å². The van der Waals surface area contributed by atoms with Crippen LogP contribution in [0.15, 0.2) is 77.1 Å². The predicted molar refractivity (Wildman–Crippen MR) is 187 cm³/mol. The lowest BCUT2D eigenvalue weighted by molar-refractivity contribution is -0.665. The molecule has 2 aliphatic rings. The highest BCUT2D eigenvalue weighted by atomic mass is 32.2. The minimum absolute atomic E-state index is 0.226. The van der Waals surface area contributed by atoms with E-state index >= 15 is 0 Å². The van der Waals surface area contributed by atoms with E-state index in [1.54, 1.807) is 0 Å². The third-order valence-corrected chi connectivity index (χ3v) is 13.0. The molecule has 2 aromatic carbocycles. The summed E-state index contributed by atoms with van der Waals surface area (Å²) in [6.45, 7) is 11.3. The SMILES string of the molecule is CCN1C(=CC2=CC(=Cc3sc4cc(SC)c(SC)cc4[n+]3CC)CC(C)(C)C2)Sc2cc(SC)c(SC)cc21. The first-order valence-electron chi connectivity index (χ1n) is 13.7. The summed E-state index contributed by atoms with van der Waals surface area (Å²) in [4.78, 5) is 9.38. The quantitative estimate of drug-likeness (QED) is 0.177. The van der Waals surface area contributed by atoms with Gasteiger partial charge in [-0.15, -0.1) is 47.0 Å². The van der Waals surface area contributed by atoms with Crippen molar-refractivity contribution in [2.45, 2.75) is 71.6 Å². The van der Waals surface area contributed by atoms with Crippen molar-refractivity contribution in [3.63, 3.8) is 0 Å². The molecule has 8 heteroatoms. The van der Waals surface area contributed by atoms with Crippen LogP contribution in [-0.2, 0) is 6.54 Å². The topological polar surface area (TPSA) is 7.12 Å². The van der Waals surface area contributed by atoms with E-state index in [1.807, 2.05) is 70.1 Å². The Morgan fingerprint density at radius 3 is 2.17 bits per heavy atom. The van der Waals surface area contributed by atoms with Gasteiger partial charge in [-0.25, -0.2) is 0 Å². The van der Waals surface area contributed by atoms with E-state index in [-0.39, 0.29) is 5.41 Å². The van der Waals surface area contributed by atoms with Crippen LogP contribution in [0.5, 0.6) is 0 Å². The number of aryl methyl sites for hydroxylation is 1. The summed E-state index contributed by atoms with van der Waals surface area (Å²) in [5.74, 6) is 0. The number of anilines is 1. The van der Waals surface area contributed by atoms with Gasteiger partial charge in [0.15, 0.2) is 0 Å². The fraction of sp³-hybridized carbons (Fsp3) is 0.406. The summed E-state index contributed by atoms with van der Waals surface area (Å²) in [5, 5.41) is 2.71. The third kappa shape index (κ3) is 6.09. The van der Waals surface area contributed by atoms with Crippen molar-refractivity contribution in [2.24, 2.45) is 5.41 Å². The molecule has 0 N–H and O–H groups in total. The number of fused-ring (bicyclic) bond motifs is 2. The number of nitrogens with zero attached hydrogens (tertiary/aromatic N) is 2. The summed E-state index contributed by atoms with van der Waals surface area (Å²) < 4.78 is 3.88. The molecule has 40 heavy (non-hydrogen) atoms. The zero-order valence-electron chi connectivity index (χ0n) is 24.7. The Bertz CT molecular complexity index is 1530. The van der Waals surface area contributed by atoms with E-state index in [2.05, 4.69) is 105 Å². The molecule has 1 aliphatic carbocycles. The van der Waals surface area contributed by atoms with E-state index in [4.69, 9.17) is 0 Å². The number of thioether (sulfide) groups is 5. The number of rotatable bonds is 8. The zero-order chi connectivity index (χ0) is 28.6. The first-order valence-corrected chi connectivity index (χ1v) is 20.2. The van der Waals surface area contributed by atoms with Crippen LogP contribution in [0.4, 0.5) is 5.69 Å². The molecule has 3 aromatic rings. The first kappa shape index (κ1) is 30.6. The second-order valence-corrected chi connectivity index (χ2v) is 16.3. The molecule has 1 aromatic heterocycles. The fourth-order valence-electron chi connectivity index (χ4n) is 5.74. The lowest BCUT2D eigenvalue weighted by Gasteiger charge is -2.31. The Hall–Kier alpha value is -0.900. The summed E-state index contributed by atoms with van der Waals surface area (Å²) in [7, 11) is 0. The van der Waals surface area contributed by atoms with Crippen molar-refractivity contribution in [2.75, 3.05) is 36.5 Å². The van der Waals surface area contributed by atoms with E-state index in [0.29, 0.717) is 0 Å². The molecule has 5 rings (SSSR count). The van der Waals surface area contributed by atoms with Crippen LogP contribution >= 0.6 is 70.1 Å². The smallest absolute Gasteiger partial charge is 0.263 e. The molecule has 0 spiro atoms. The minimum Gasteiger partial charge on any atom is -0.335 e. The van der Waals surface area contributed by atoms with Crippen LogP contribution in [0.1, 0.15) is 45.5 Å². The second-order valence-electron chi connectivity index (χ2n) is 10.8. The van der Waals surface area contributed by atoms with Gasteiger partial charge < -0.3 is 4.90 Å². The number of hydrogen-bond donors (Lipinski definition) is 0. The minimum atomic E-state index is 0.226. The van der Waals surface area contributed by atoms with Crippen molar-refractivity contribution in [1.82, 2.24) is 0 Å². The average molecular weight is 644 g/mol. The zero-order valence-corrected chi connectivity index (χ0v) is 29.6. The van der Waals surface area contributed by atoms with Crippen molar-refractivity contribution in [3.05, 3.63) is 57.6 Å². The van der Waals surface area contributed by atoms with Crippen LogP contribution in [0.2, 0.25) is 0 Å². The molecule has 0 unspecified atom stereocenters. The number of thiazole rings is 1. The molecular weight excluding hydrogens is 605 g/mol. The van der Waals surface area contributed by atoms with Crippen LogP contribution < -0.4 is 9.47 Å². The van der Waals surface area contributed by atoms with Crippen LogP contribution in [-0.4, -0.2) is 31.6 Å². The van der Waals surface area contributed by atoms with Gasteiger partial charge in [0.2, 0.25) is 5.52 Å². The molecular formula is C32H39N2S6+. The largest absolute Gasteiger partial charge is 0.335 e. The molecule has 0 fully saturated rings. The molecule has 2 heterocycles. The highest BCUT2D eigenvalue weighted by Crippen LogP contribution is 2.50. The van der Waals surface area contributed by atoms with Crippen LogP contribution in [0, 0.1) is 5.41 Å². The van der Waals surface area contributed by atoms with Crippen LogP contribution in [0.3, 0.4) is 0 Å². The number of hydrogen-bond acceptors (Lipinski definition) is 7. The highest BCUT2D eigenvalue weighted by molar-refractivity contribution is 8.04. The van der Waals surface area contributed by atoms with Gasteiger partial charge in [0.05, 0.1) is 10.7 Å². The Morgan fingerprint density at radius 1 is 0.875 bits per heavy atom. The van der Waals surface area contributed by atoms with E-state index in [1.165, 1.54) is 61.6 Å². The normalized spacial score (nSPS) is 18.7. The molecule has 2 nitrogen and oxygen atoms in total. The van der Waals surface area contributed by atoms with Gasteiger partial charge in [0, 0.05) is 43.2 Å². The van der Waals surface area contributed by atoms with E-state index in [9.17, 15) is 0 Å². The molecule has 0 saturated carbocycles. The highest BCUT2D eigenvalue weighted by Gasteiger charge is 2.30. The fourth-order valence-corrected chi connectivity index (χ4v) is 11.3. The number of allylic oxidation sites excluding steroid dienone is 4. The molecule has 0 bridgehead atoms. The maximum Gasteiger partial charge on any atom is 0.263 e. The molecule has 0 atom stereocenters. The molecule has 1 aliphatic heterocycles. The van der Waals surface area contributed by atoms with Gasteiger partial charge in [-0.1, -0.05) is 43.0 Å². The van der Waals surface area contributed by atoms with Gasteiger partial charge >= 0.3 is 0 Å². The average Bonchev–Trinajstić information content (AvgIpc) is 3.45. The standard InChI is InChI=1S/C32H39N2S6/c1-9-33-22-14-26(35-5)28(37-7)16-24(22)39-30(33)12-20-11-21(19-32(3,4)18-20)13-31-34(10-2)23-15-27(36-6)29(38-8)17-25(23)40-31/h11-17H,9-10,18-19H2,1-8H3/q+1. The van der Waals surface area contributed by atoms with Gasteiger partial charge in [-0.3, -0.25) is 0 Å². The van der Waals surface area contributed by atoms with Gasteiger partial charge in [-0.05, 0) is 92.5 Å². The van der Waals surface area contributed by atoms with Gasteiger partial charge in [-0.2, -0.15) is 4.57 Å². The van der Waals surface area contributed by atoms with E-state index in [0.717, 1.165) is 25.9 Å². The van der Waals surface area contributed by atoms with Gasteiger partial charge in [0.1, 0.15) is 11.2 Å². The van der Waals surface area contributed by atoms with Crippen molar-refractivity contribution >= 4 is 92.1 Å². The van der Waals surface area contributed by atoms with Crippen molar-refractivity contribution in [3.8, 4) is 0 Å². The predicted octanol–water partition coefficient (Wildman–Crippen LogP) is 10.7. The first-order chi connectivity index (χ1) is 19.2. The second kappa shape index (κ2) is 12.8. The van der Waals surface area contributed by atoms with Crippen LogP contribution in [0.25, 0.3) is 16.3 Å². The molecule has 0 radical (unpaired) electrons. The molecule has 212 valence electrons. The Kier molecular flexibility index (Phi) is 9.75. The van der Waals surface area contributed by atoms with E-state index < -0.39 is 0 Å². The Labute approximate surface area is 265 Å². The number of aromatic nitrogens is 1. The third-order valence-electron chi connectivity index (χ3n) is 7.46. The summed E-state index contributed by atoms with van der Waals surface area (Å²) in [6, 6.07) is 9.56.